The van der Waals surface area contributed by atoms with Crippen molar-refractivity contribution >= 4 is 7.69 Å². The van der Waals surface area contributed by atoms with E-state index in [2.05, 4.69) is 4.65 Å². The Balaban J connectivity index is 4.10. The predicted molar refractivity (Wildman–Crippen MR) is 37.2 cm³/mol. The number of rotatable bonds is 3. The Morgan fingerprint density at radius 1 is 1.30 bits per heavy atom. The van der Waals surface area contributed by atoms with Crippen LogP contribution in [0.2, 0.25) is 0 Å². The molecule has 0 unspecified atom stereocenters. The second-order valence-corrected chi connectivity index (χ2v) is 3.28. The molecule has 0 aliphatic heterocycles. The highest BCUT2D eigenvalue weighted by molar-refractivity contribution is 6.13. The topological polar surface area (TPSA) is 52.5 Å². The molecule has 0 aromatic carbocycles. The Bertz CT molecular complexity index is 106. The van der Waals surface area contributed by atoms with E-state index in [9.17, 15) is 10.1 Å². The van der Waals surface area contributed by atoms with Gasteiger partial charge in [-0.15, -0.1) is 0 Å². The van der Waals surface area contributed by atoms with Gasteiger partial charge in [0.15, 0.2) is 7.69 Å². The third-order valence-electron chi connectivity index (χ3n) is 1.82. The average Bonchev–Trinajstić information content (AvgIpc) is 1.61. The van der Waals surface area contributed by atoms with Gasteiger partial charge in [0.2, 0.25) is 0 Å². The van der Waals surface area contributed by atoms with E-state index >= 15 is 0 Å². The van der Waals surface area contributed by atoms with Crippen LogP contribution in [-0.4, -0.2) is 24.0 Å². The van der Waals surface area contributed by atoms with Crippen LogP contribution in [0.3, 0.4) is 0 Å². The lowest BCUT2D eigenvalue weighted by Crippen LogP contribution is -2.49. The standard InChI is InChI=1S/C6H13BO3/c1-5(2,8)6(3,4)10-7-9/h8H,1-4H3/q-1. The molecule has 0 aliphatic rings. The molecule has 3 nitrogen and oxygen atoms in total. The summed E-state index contributed by atoms with van der Waals surface area (Å²) in [6, 6.07) is 0. The van der Waals surface area contributed by atoms with Crippen LogP contribution in [0.1, 0.15) is 27.7 Å². The molecule has 1 radical (unpaired) electrons. The fourth-order valence-electron chi connectivity index (χ4n) is 0.264. The van der Waals surface area contributed by atoms with Crippen molar-refractivity contribution < 1.29 is 14.8 Å². The van der Waals surface area contributed by atoms with Crippen LogP contribution in [0.25, 0.3) is 0 Å². The molecule has 0 aromatic rings. The van der Waals surface area contributed by atoms with Gasteiger partial charge in [-0.1, -0.05) is 0 Å². The fraction of sp³-hybridized carbons (Fsp3) is 1.00. The Labute approximate surface area is 62.3 Å². The smallest absolute Gasteiger partial charge is 0.164 e. The van der Waals surface area contributed by atoms with Crippen molar-refractivity contribution in [1.82, 2.24) is 0 Å². The Morgan fingerprint density at radius 2 is 1.70 bits per heavy atom. The summed E-state index contributed by atoms with van der Waals surface area (Å²) < 4.78 is 4.66. The fourth-order valence-corrected chi connectivity index (χ4v) is 0.264. The molecule has 0 bridgehead atoms. The second-order valence-electron chi connectivity index (χ2n) is 3.28. The summed E-state index contributed by atoms with van der Waals surface area (Å²) in [5.74, 6) is 0. The molecule has 0 aliphatic carbocycles. The van der Waals surface area contributed by atoms with Gasteiger partial charge in [-0.2, -0.15) is 0 Å². The van der Waals surface area contributed by atoms with Gasteiger partial charge in [-0.25, -0.2) is 0 Å². The first-order valence-electron chi connectivity index (χ1n) is 3.15. The van der Waals surface area contributed by atoms with Gasteiger partial charge in [-0.3, -0.25) is 0 Å². The minimum atomic E-state index is -1.01. The van der Waals surface area contributed by atoms with Gasteiger partial charge >= 0.3 is 0 Å². The summed E-state index contributed by atoms with van der Waals surface area (Å²) in [4.78, 5) is 0. The zero-order valence-corrected chi connectivity index (χ0v) is 6.84. The molecule has 10 heavy (non-hydrogen) atoms. The zero-order valence-electron chi connectivity index (χ0n) is 6.84. The maximum absolute atomic E-state index is 9.93. The van der Waals surface area contributed by atoms with Gasteiger partial charge in [0.1, 0.15) is 0 Å². The average molecular weight is 144 g/mol. The third kappa shape index (κ3) is 2.29. The predicted octanol–water partition coefficient (Wildman–Crippen LogP) is -0.553. The highest BCUT2D eigenvalue weighted by Gasteiger charge is 2.33. The molecule has 0 amide bonds. The minimum absolute atomic E-state index is 0.345. The summed E-state index contributed by atoms with van der Waals surface area (Å²) in [6.07, 6.45) is 0. The SMILES string of the molecule is CC(C)(O)C(C)(C)O[B][O-]. The van der Waals surface area contributed by atoms with Crippen molar-refractivity contribution in [2.24, 2.45) is 0 Å². The van der Waals surface area contributed by atoms with Crippen LogP contribution in [0.15, 0.2) is 0 Å². The number of hydrogen-bond donors (Lipinski definition) is 1. The van der Waals surface area contributed by atoms with Gasteiger partial charge in [0.25, 0.3) is 0 Å². The summed E-state index contributed by atoms with van der Waals surface area (Å²) >= 11 is 0. The zero-order chi connectivity index (χ0) is 8.41. The van der Waals surface area contributed by atoms with E-state index in [1.165, 1.54) is 0 Å². The van der Waals surface area contributed by atoms with Gasteiger partial charge in [-0.05, 0) is 27.7 Å². The number of hydrogen-bond acceptors (Lipinski definition) is 3. The minimum Gasteiger partial charge on any atom is -0.861 e. The number of aliphatic hydroxyl groups is 1. The van der Waals surface area contributed by atoms with Crippen molar-refractivity contribution in [3.63, 3.8) is 0 Å². The summed E-state index contributed by atoms with van der Waals surface area (Å²) in [6.45, 7) is 6.50. The van der Waals surface area contributed by atoms with Crippen LogP contribution < -0.4 is 5.02 Å². The van der Waals surface area contributed by atoms with E-state index in [0.29, 0.717) is 7.69 Å². The van der Waals surface area contributed by atoms with Crippen molar-refractivity contribution in [3.8, 4) is 0 Å². The van der Waals surface area contributed by atoms with Crippen molar-refractivity contribution in [2.45, 2.75) is 38.9 Å². The Hall–Kier alpha value is -0.0551. The summed E-state index contributed by atoms with van der Waals surface area (Å²) in [5.41, 5.74) is -1.83. The summed E-state index contributed by atoms with van der Waals surface area (Å²) in [7, 11) is 0.345. The third-order valence-corrected chi connectivity index (χ3v) is 1.82. The largest absolute Gasteiger partial charge is 0.861 e. The van der Waals surface area contributed by atoms with Crippen LogP contribution in [0, 0.1) is 0 Å². The molecular weight excluding hydrogens is 131 g/mol. The summed E-state index contributed by atoms with van der Waals surface area (Å²) in [5, 5.41) is 19.3. The molecule has 0 heterocycles. The molecule has 0 aromatic heterocycles. The molecule has 0 fully saturated rings. The van der Waals surface area contributed by atoms with Crippen molar-refractivity contribution in [3.05, 3.63) is 0 Å². The first kappa shape index (κ1) is 9.94. The molecule has 0 rings (SSSR count). The molecular formula is C6H13BO3-. The maximum Gasteiger partial charge on any atom is 0.164 e. The first-order valence-corrected chi connectivity index (χ1v) is 3.15. The van der Waals surface area contributed by atoms with Gasteiger partial charge < -0.3 is 14.8 Å². The van der Waals surface area contributed by atoms with E-state index in [1.54, 1.807) is 27.7 Å². The van der Waals surface area contributed by atoms with Crippen LogP contribution in [0.4, 0.5) is 0 Å². The molecule has 1 N–H and O–H groups in total. The van der Waals surface area contributed by atoms with Crippen LogP contribution >= 0.6 is 0 Å². The van der Waals surface area contributed by atoms with Crippen LogP contribution in [0.5, 0.6) is 0 Å². The lowest BCUT2D eigenvalue weighted by atomic mass is 9.89. The Morgan fingerprint density at radius 3 is 1.80 bits per heavy atom. The van der Waals surface area contributed by atoms with Crippen LogP contribution in [-0.2, 0) is 4.65 Å². The lowest BCUT2D eigenvalue weighted by molar-refractivity contribution is -0.228. The second kappa shape index (κ2) is 2.90. The van der Waals surface area contributed by atoms with E-state index in [4.69, 9.17) is 0 Å². The highest BCUT2D eigenvalue weighted by Crippen LogP contribution is 2.23. The first-order chi connectivity index (χ1) is 4.31. The normalized spacial score (nSPS) is 13.4. The van der Waals surface area contributed by atoms with E-state index in [-0.39, 0.29) is 0 Å². The molecule has 0 saturated heterocycles. The molecule has 0 saturated carbocycles. The Kier molecular flexibility index (Phi) is 2.89. The van der Waals surface area contributed by atoms with Gasteiger partial charge in [0.05, 0.1) is 11.2 Å². The van der Waals surface area contributed by atoms with Gasteiger partial charge in [0, 0.05) is 0 Å². The molecule has 59 valence electrons. The van der Waals surface area contributed by atoms with Crippen molar-refractivity contribution in [2.75, 3.05) is 0 Å². The van der Waals surface area contributed by atoms with Crippen molar-refractivity contribution in [1.29, 1.82) is 0 Å². The monoisotopic (exact) mass is 144 g/mol. The molecule has 0 spiro atoms. The lowest BCUT2D eigenvalue weighted by Gasteiger charge is -2.38. The van der Waals surface area contributed by atoms with E-state index in [1.807, 2.05) is 0 Å². The molecule has 4 heteroatoms. The van der Waals surface area contributed by atoms with E-state index in [0.717, 1.165) is 0 Å². The highest BCUT2D eigenvalue weighted by atomic mass is 16.5. The van der Waals surface area contributed by atoms with E-state index < -0.39 is 11.2 Å². The molecule has 0 atom stereocenters. The maximum atomic E-state index is 9.93. The quantitative estimate of drug-likeness (QED) is 0.540.